The molecule has 0 amide bonds. The second-order valence-corrected chi connectivity index (χ2v) is 6.47. The van der Waals surface area contributed by atoms with Crippen molar-refractivity contribution in [2.24, 2.45) is 10.4 Å². The van der Waals surface area contributed by atoms with E-state index >= 15 is 0 Å². The highest BCUT2D eigenvalue weighted by Gasteiger charge is 2.19. The van der Waals surface area contributed by atoms with E-state index in [0.717, 1.165) is 30.5 Å². The smallest absolute Gasteiger partial charge is 0.193 e. The van der Waals surface area contributed by atoms with Gasteiger partial charge in [-0.3, -0.25) is 4.99 Å². The van der Waals surface area contributed by atoms with Gasteiger partial charge in [-0.05, 0) is 36.5 Å². The maximum atomic E-state index is 6.04. The van der Waals surface area contributed by atoms with Crippen molar-refractivity contribution in [3.05, 3.63) is 34.9 Å². The summed E-state index contributed by atoms with van der Waals surface area (Å²) in [6.45, 7) is 8.20. The maximum Gasteiger partial charge on any atom is 0.193 e. The molecule has 0 unspecified atom stereocenters. The highest BCUT2D eigenvalue weighted by atomic mass is 35.5. The number of aliphatic imine (C=N–C) groups is 1. The number of benzene rings is 1. The molecule has 1 aromatic carbocycles. The van der Waals surface area contributed by atoms with Gasteiger partial charge >= 0.3 is 0 Å². The Bertz CT molecular complexity index is 453. The van der Waals surface area contributed by atoms with Gasteiger partial charge in [0.25, 0.3) is 0 Å². The molecular weight excluding hydrogens is 270 g/mol. The summed E-state index contributed by atoms with van der Waals surface area (Å²) in [7, 11) is 4.01. The lowest BCUT2D eigenvalue weighted by Crippen LogP contribution is -2.37. The summed E-state index contributed by atoms with van der Waals surface area (Å²) in [5.74, 6) is 0.937. The topological polar surface area (TPSA) is 27.6 Å². The van der Waals surface area contributed by atoms with E-state index in [1.54, 1.807) is 0 Å². The largest absolute Gasteiger partial charge is 0.357 e. The van der Waals surface area contributed by atoms with Crippen molar-refractivity contribution in [3.63, 3.8) is 0 Å². The average molecular weight is 296 g/mol. The highest BCUT2D eigenvalue weighted by Crippen LogP contribution is 2.24. The molecule has 0 fully saturated rings. The quantitative estimate of drug-likeness (QED) is 0.666. The Morgan fingerprint density at radius 2 is 2.05 bits per heavy atom. The first-order valence-corrected chi connectivity index (χ1v) is 7.42. The van der Waals surface area contributed by atoms with Gasteiger partial charge in [-0.15, -0.1) is 0 Å². The van der Waals surface area contributed by atoms with E-state index in [1.807, 2.05) is 37.2 Å². The van der Waals surface area contributed by atoms with Crippen LogP contribution in [0.2, 0.25) is 5.02 Å². The summed E-state index contributed by atoms with van der Waals surface area (Å²) < 4.78 is 0. The highest BCUT2D eigenvalue weighted by molar-refractivity contribution is 6.30. The minimum atomic E-state index is 0.0986. The van der Waals surface area contributed by atoms with Gasteiger partial charge in [0.05, 0.1) is 0 Å². The zero-order valence-electron chi connectivity index (χ0n) is 13.2. The normalized spacial score (nSPS) is 12.4. The van der Waals surface area contributed by atoms with Gasteiger partial charge in [-0.25, -0.2) is 0 Å². The van der Waals surface area contributed by atoms with Crippen molar-refractivity contribution in [3.8, 4) is 0 Å². The third kappa shape index (κ3) is 5.83. The van der Waals surface area contributed by atoms with Gasteiger partial charge < -0.3 is 10.2 Å². The van der Waals surface area contributed by atoms with E-state index in [1.165, 1.54) is 5.56 Å². The molecule has 0 bridgehead atoms. The summed E-state index contributed by atoms with van der Waals surface area (Å²) in [4.78, 5) is 6.71. The molecule has 0 aromatic heterocycles. The Labute approximate surface area is 128 Å². The number of halogens is 1. The molecule has 0 aliphatic carbocycles. The lowest BCUT2D eigenvalue weighted by Gasteiger charge is -2.24. The molecule has 0 radical (unpaired) electrons. The summed E-state index contributed by atoms with van der Waals surface area (Å²) >= 11 is 6.04. The second-order valence-electron chi connectivity index (χ2n) is 6.04. The molecule has 20 heavy (non-hydrogen) atoms. The fraction of sp³-hybridized carbons (Fsp3) is 0.562. The Kier molecular flexibility index (Phi) is 6.34. The van der Waals surface area contributed by atoms with E-state index in [0.29, 0.717) is 0 Å². The average Bonchev–Trinajstić information content (AvgIpc) is 2.33. The Balaban J connectivity index is 2.71. The van der Waals surface area contributed by atoms with Gasteiger partial charge in [-0.2, -0.15) is 0 Å². The molecular formula is C16H26ClN3. The van der Waals surface area contributed by atoms with Crippen molar-refractivity contribution >= 4 is 17.6 Å². The molecule has 1 N–H and O–H groups in total. The van der Waals surface area contributed by atoms with Gasteiger partial charge in [0, 0.05) is 32.2 Å². The fourth-order valence-electron chi connectivity index (χ4n) is 2.06. The Morgan fingerprint density at radius 1 is 1.35 bits per heavy atom. The third-order valence-electron chi connectivity index (χ3n) is 2.99. The van der Waals surface area contributed by atoms with Crippen LogP contribution in [0.15, 0.2) is 29.3 Å². The summed E-state index contributed by atoms with van der Waals surface area (Å²) in [6, 6.07) is 8.06. The maximum absolute atomic E-state index is 6.04. The van der Waals surface area contributed by atoms with Crippen LogP contribution in [0, 0.1) is 5.41 Å². The zero-order chi connectivity index (χ0) is 15.2. The SMILES string of the molecule is CCNC(=NCC(C)(C)Cc1cccc(Cl)c1)N(C)C. The van der Waals surface area contributed by atoms with Gasteiger partial charge in [0.15, 0.2) is 5.96 Å². The fourth-order valence-corrected chi connectivity index (χ4v) is 2.27. The minimum absolute atomic E-state index is 0.0986. The molecule has 0 aliphatic heterocycles. The number of nitrogens with zero attached hydrogens (tertiary/aromatic N) is 2. The van der Waals surface area contributed by atoms with Crippen molar-refractivity contribution in [1.29, 1.82) is 0 Å². The number of nitrogens with one attached hydrogen (secondary N) is 1. The monoisotopic (exact) mass is 295 g/mol. The first-order valence-electron chi connectivity index (χ1n) is 7.04. The molecule has 0 atom stereocenters. The van der Waals surface area contributed by atoms with Crippen LogP contribution in [-0.4, -0.2) is 38.0 Å². The van der Waals surface area contributed by atoms with Crippen LogP contribution in [0.25, 0.3) is 0 Å². The number of rotatable bonds is 5. The third-order valence-corrected chi connectivity index (χ3v) is 3.22. The predicted octanol–water partition coefficient (Wildman–Crippen LogP) is 3.44. The molecule has 0 aliphatic rings. The van der Waals surface area contributed by atoms with Gasteiger partial charge in [-0.1, -0.05) is 37.6 Å². The number of guanidine groups is 1. The van der Waals surface area contributed by atoms with Crippen molar-refractivity contribution in [2.45, 2.75) is 27.2 Å². The predicted molar refractivity (Wildman–Crippen MR) is 88.6 cm³/mol. The van der Waals surface area contributed by atoms with E-state index in [9.17, 15) is 0 Å². The van der Waals surface area contributed by atoms with Crippen molar-refractivity contribution in [2.75, 3.05) is 27.2 Å². The van der Waals surface area contributed by atoms with Crippen LogP contribution in [0.4, 0.5) is 0 Å². The lowest BCUT2D eigenvalue weighted by atomic mass is 9.86. The van der Waals surface area contributed by atoms with Crippen LogP contribution in [0.1, 0.15) is 26.3 Å². The molecule has 0 saturated carbocycles. The molecule has 112 valence electrons. The van der Waals surface area contributed by atoms with Crippen LogP contribution < -0.4 is 5.32 Å². The second kappa shape index (κ2) is 7.53. The van der Waals surface area contributed by atoms with Crippen LogP contribution in [0.3, 0.4) is 0 Å². The summed E-state index contributed by atoms with van der Waals surface area (Å²) in [5, 5.41) is 4.08. The molecule has 0 heterocycles. The Morgan fingerprint density at radius 3 is 2.60 bits per heavy atom. The van der Waals surface area contributed by atoms with Crippen LogP contribution in [0.5, 0.6) is 0 Å². The van der Waals surface area contributed by atoms with E-state index in [2.05, 4.69) is 32.2 Å². The zero-order valence-corrected chi connectivity index (χ0v) is 14.0. The van der Waals surface area contributed by atoms with Crippen LogP contribution in [-0.2, 0) is 6.42 Å². The molecule has 0 spiro atoms. The standard InChI is InChI=1S/C16H26ClN3/c1-6-18-15(20(4)5)19-12-16(2,3)11-13-8-7-9-14(17)10-13/h7-10H,6,11-12H2,1-5H3,(H,18,19). The first kappa shape index (κ1) is 16.8. The summed E-state index contributed by atoms with van der Waals surface area (Å²) in [5.41, 5.74) is 1.36. The molecule has 0 saturated heterocycles. The molecule has 3 nitrogen and oxygen atoms in total. The lowest BCUT2D eigenvalue weighted by molar-refractivity contribution is 0.374. The van der Waals surface area contributed by atoms with Crippen molar-refractivity contribution in [1.82, 2.24) is 10.2 Å². The van der Waals surface area contributed by atoms with E-state index in [4.69, 9.17) is 16.6 Å². The number of hydrogen-bond donors (Lipinski definition) is 1. The van der Waals surface area contributed by atoms with Crippen molar-refractivity contribution < 1.29 is 0 Å². The van der Waals surface area contributed by atoms with Gasteiger partial charge in [0.2, 0.25) is 0 Å². The van der Waals surface area contributed by atoms with Gasteiger partial charge in [0.1, 0.15) is 0 Å². The minimum Gasteiger partial charge on any atom is -0.357 e. The first-order chi connectivity index (χ1) is 9.34. The summed E-state index contributed by atoms with van der Waals surface area (Å²) in [6.07, 6.45) is 0.962. The van der Waals surface area contributed by atoms with Crippen LogP contribution >= 0.6 is 11.6 Å². The molecule has 1 aromatic rings. The number of hydrogen-bond acceptors (Lipinski definition) is 1. The molecule has 4 heteroatoms. The van der Waals surface area contributed by atoms with E-state index < -0.39 is 0 Å². The Hall–Kier alpha value is -1.22. The van der Waals surface area contributed by atoms with E-state index in [-0.39, 0.29) is 5.41 Å². The molecule has 1 rings (SSSR count).